The highest BCUT2D eigenvalue weighted by molar-refractivity contribution is 7.89. The maximum absolute atomic E-state index is 12.1. The van der Waals surface area contributed by atoms with Crippen molar-refractivity contribution in [3.63, 3.8) is 0 Å². The molecule has 1 atom stereocenters. The van der Waals surface area contributed by atoms with Crippen LogP contribution in [0.3, 0.4) is 0 Å². The Morgan fingerprint density at radius 2 is 2.17 bits per heavy atom. The molecule has 0 saturated heterocycles. The molecule has 0 amide bonds. The van der Waals surface area contributed by atoms with Gasteiger partial charge in [-0.15, -0.1) is 0 Å². The summed E-state index contributed by atoms with van der Waals surface area (Å²) >= 11 is 0. The number of nitrogens with one attached hydrogen (secondary N) is 1. The van der Waals surface area contributed by atoms with Crippen molar-refractivity contribution in [2.24, 2.45) is 0 Å². The number of hydrogen-bond acceptors (Lipinski definition) is 4. The van der Waals surface area contributed by atoms with Gasteiger partial charge in [0, 0.05) is 13.2 Å². The zero-order valence-electron chi connectivity index (χ0n) is 10.6. The predicted octanol–water partition coefficient (Wildman–Crippen LogP) is 1.18. The van der Waals surface area contributed by atoms with E-state index in [0.29, 0.717) is 17.7 Å². The SMILES string of the molecule is COCC(C)NS(=O)(=O)c1ccc(C#N)cc1C. The van der Waals surface area contributed by atoms with Crippen molar-refractivity contribution in [1.29, 1.82) is 5.26 Å². The van der Waals surface area contributed by atoms with E-state index >= 15 is 0 Å². The van der Waals surface area contributed by atoms with Gasteiger partial charge in [0.05, 0.1) is 23.1 Å². The van der Waals surface area contributed by atoms with E-state index in [1.807, 2.05) is 6.07 Å². The molecule has 0 bridgehead atoms. The van der Waals surface area contributed by atoms with E-state index in [-0.39, 0.29) is 10.9 Å². The number of nitriles is 1. The van der Waals surface area contributed by atoms with E-state index in [2.05, 4.69) is 4.72 Å². The van der Waals surface area contributed by atoms with Gasteiger partial charge in [-0.3, -0.25) is 0 Å². The van der Waals surface area contributed by atoms with Gasteiger partial charge in [0.1, 0.15) is 0 Å². The van der Waals surface area contributed by atoms with E-state index in [1.54, 1.807) is 19.9 Å². The zero-order valence-corrected chi connectivity index (χ0v) is 11.4. The molecule has 1 aromatic rings. The summed E-state index contributed by atoms with van der Waals surface area (Å²) in [4.78, 5) is 0.185. The van der Waals surface area contributed by atoms with Gasteiger partial charge in [-0.1, -0.05) is 0 Å². The minimum atomic E-state index is -3.58. The quantitative estimate of drug-likeness (QED) is 0.869. The number of aryl methyl sites for hydroxylation is 1. The highest BCUT2D eigenvalue weighted by Gasteiger charge is 2.19. The first kappa shape index (κ1) is 14.6. The van der Waals surface area contributed by atoms with Crippen LogP contribution in [0.4, 0.5) is 0 Å². The van der Waals surface area contributed by atoms with E-state index in [1.165, 1.54) is 19.2 Å². The Labute approximate surface area is 107 Å². The first-order valence-electron chi connectivity index (χ1n) is 5.42. The lowest BCUT2D eigenvalue weighted by atomic mass is 10.2. The standard InChI is InChI=1S/C12H16N2O3S/c1-9-6-11(7-13)4-5-12(9)18(15,16)14-10(2)8-17-3/h4-6,10,14H,8H2,1-3H3. The van der Waals surface area contributed by atoms with Crippen LogP contribution in [0.5, 0.6) is 0 Å². The minimum absolute atomic E-state index is 0.185. The second kappa shape index (κ2) is 5.96. The van der Waals surface area contributed by atoms with Gasteiger partial charge in [-0.05, 0) is 37.6 Å². The van der Waals surface area contributed by atoms with Crippen molar-refractivity contribution in [1.82, 2.24) is 4.72 Å². The molecule has 1 N–H and O–H groups in total. The monoisotopic (exact) mass is 268 g/mol. The molecule has 98 valence electrons. The lowest BCUT2D eigenvalue weighted by Gasteiger charge is -2.14. The summed E-state index contributed by atoms with van der Waals surface area (Å²) in [7, 11) is -2.07. The molecule has 0 aliphatic heterocycles. The van der Waals surface area contributed by atoms with Crippen molar-refractivity contribution < 1.29 is 13.2 Å². The largest absolute Gasteiger partial charge is 0.383 e. The van der Waals surface area contributed by atoms with Crippen LogP contribution in [0.2, 0.25) is 0 Å². The Morgan fingerprint density at radius 3 is 2.67 bits per heavy atom. The van der Waals surface area contributed by atoms with Crippen molar-refractivity contribution in [2.75, 3.05) is 13.7 Å². The molecule has 0 aliphatic rings. The summed E-state index contributed by atoms with van der Waals surface area (Å²) in [6, 6.07) is 6.14. The molecular formula is C12H16N2O3S. The van der Waals surface area contributed by atoms with E-state index in [9.17, 15) is 8.42 Å². The van der Waals surface area contributed by atoms with Crippen molar-refractivity contribution in [3.8, 4) is 6.07 Å². The molecular weight excluding hydrogens is 252 g/mol. The number of sulfonamides is 1. The molecule has 0 saturated carbocycles. The lowest BCUT2D eigenvalue weighted by Crippen LogP contribution is -2.35. The fraction of sp³-hybridized carbons (Fsp3) is 0.417. The van der Waals surface area contributed by atoms with Gasteiger partial charge < -0.3 is 4.74 Å². The number of benzene rings is 1. The van der Waals surface area contributed by atoms with Crippen molar-refractivity contribution in [2.45, 2.75) is 24.8 Å². The van der Waals surface area contributed by atoms with E-state index in [4.69, 9.17) is 10.00 Å². The van der Waals surface area contributed by atoms with Gasteiger partial charge >= 0.3 is 0 Å². The van der Waals surface area contributed by atoms with Crippen LogP contribution >= 0.6 is 0 Å². The Hall–Kier alpha value is -1.42. The Morgan fingerprint density at radius 1 is 1.50 bits per heavy atom. The fourth-order valence-corrected chi connectivity index (χ4v) is 3.09. The summed E-state index contributed by atoms with van der Waals surface area (Å²) in [6.45, 7) is 3.69. The first-order valence-corrected chi connectivity index (χ1v) is 6.91. The number of methoxy groups -OCH3 is 1. The summed E-state index contributed by atoms with van der Waals surface area (Å²) in [5.74, 6) is 0. The molecule has 6 heteroatoms. The van der Waals surface area contributed by atoms with Gasteiger partial charge in [0.25, 0.3) is 0 Å². The highest BCUT2D eigenvalue weighted by Crippen LogP contribution is 2.16. The summed E-state index contributed by atoms with van der Waals surface area (Å²) in [5, 5.41) is 8.74. The summed E-state index contributed by atoms with van der Waals surface area (Å²) in [5.41, 5.74) is 0.988. The van der Waals surface area contributed by atoms with Gasteiger partial charge in [0.2, 0.25) is 10.0 Å². The van der Waals surface area contributed by atoms with Crippen LogP contribution in [0.25, 0.3) is 0 Å². The second-order valence-corrected chi connectivity index (χ2v) is 5.75. The topological polar surface area (TPSA) is 79.2 Å². The van der Waals surface area contributed by atoms with Gasteiger partial charge in [-0.2, -0.15) is 5.26 Å². The van der Waals surface area contributed by atoms with Crippen molar-refractivity contribution >= 4 is 10.0 Å². The average molecular weight is 268 g/mol. The first-order chi connectivity index (χ1) is 8.40. The predicted molar refractivity (Wildman–Crippen MR) is 67.6 cm³/mol. The lowest BCUT2D eigenvalue weighted by molar-refractivity contribution is 0.180. The molecule has 0 fully saturated rings. The van der Waals surface area contributed by atoms with Crippen molar-refractivity contribution in [3.05, 3.63) is 29.3 Å². The van der Waals surface area contributed by atoms with E-state index < -0.39 is 10.0 Å². The molecule has 0 heterocycles. The maximum atomic E-state index is 12.1. The van der Waals surface area contributed by atoms with Crippen LogP contribution < -0.4 is 4.72 Å². The maximum Gasteiger partial charge on any atom is 0.241 e. The molecule has 5 nitrogen and oxygen atoms in total. The number of hydrogen-bond donors (Lipinski definition) is 1. The number of rotatable bonds is 5. The Kier molecular flexibility index (Phi) is 4.84. The molecule has 1 rings (SSSR count). The molecule has 1 aromatic carbocycles. The zero-order chi connectivity index (χ0) is 13.8. The van der Waals surface area contributed by atoms with Crippen LogP contribution in [0, 0.1) is 18.3 Å². The Balaban J connectivity index is 3.03. The average Bonchev–Trinajstić information content (AvgIpc) is 2.27. The third-order valence-corrected chi connectivity index (χ3v) is 4.12. The summed E-state index contributed by atoms with van der Waals surface area (Å²) in [6.07, 6.45) is 0. The van der Waals surface area contributed by atoms with Crippen LogP contribution in [0.15, 0.2) is 23.1 Å². The van der Waals surface area contributed by atoms with Gasteiger partial charge in [-0.25, -0.2) is 13.1 Å². The summed E-state index contributed by atoms with van der Waals surface area (Å²) < 4.78 is 31.6. The molecule has 0 aliphatic carbocycles. The van der Waals surface area contributed by atoms with Gasteiger partial charge in [0.15, 0.2) is 0 Å². The third kappa shape index (κ3) is 3.53. The molecule has 1 unspecified atom stereocenters. The molecule has 0 aromatic heterocycles. The van der Waals surface area contributed by atoms with E-state index in [0.717, 1.165) is 0 Å². The normalized spacial score (nSPS) is 13.0. The van der Waals surface area contributed by atoms with Crippen LogP contribution in [-0.4, -0.2) is 28.2 Å². The Bertz CT molecular complexity index is 561. The smallest absolute Gasteiger partial charge is 0.241 e. The molecule has 0 radical (unpaired) electrons. The molecule has 18 heavy (non-hydrogen) atoms. The van der Waals surface area contributed by atoms with Crippen LogP contribution in [0.1, 0.15) is 18.1 Å². The number of ether oxygens (including phenoxy) is 1. The fourth-order valence-electron chi connectivity index (χ4n) is 1.63. The highest BCUT2D eigenvalue weighted by atomic mass is 32.2. The number of nitrogens with zero attached hydrogens (tertiary/aromatic N) is 1. The second-order valence-electron chi connectivity index (χ2n) is 4.07. The molecule has 0 spiro atoms. The minimum Gasteiger partial charge on any atom is -0.383 e. The van der Waals surface area contributed by atoms with Crippen LogP contribution in [-0.2, 0) is 14.8 Å². The third-order valence-electron chi connectivity index (χ3n) is 2.37.